The van der Waals surface area contributed by atoms with Gasteiger partial charge in [0, 0.05) is 12.1 Å². The Bertz CT molecular complexity index is 1010. The van der Waals surface area contributed by atoms with E-state index in [4.69, 9.17) is 13.9 Å². The van der Waals surface area contributed by atoms with Crippen LogP contribution in [0.15, 0.2) is 53.1 Å². The van der Waals surface area contributed by atoms with E-state index < -0.39 is 17.6 Å². The maximum Gasteiger partial charge on any atom is 0.416 e. The van der Waals surface area contributed by atoms with Gasteiger partial charge in [0.15, 0.2) is 17.2 Å². The number of carbonyl (C=O) groups excluding carboxylic acids is 1. The number of oxazole rings is 1. The van der Waals surface area contributed by atoms with Gasteiger partial charge in [0.25, 0.3) is 5.91 Å². The van der Waals surface area contributed by atoms with Crippen LogP contribution in [0.25, 0.3) is 11.5 Å². The van der Waals surface area contributed by atoms with Gasteiger partial charge < -0.3 is 19.2 Å². The predicted molar refractivity (Wildman–Crippen MR) is 103 cm³/mol. The third kappa shape index (κ3) is 4.91. The van der Waals surface area contributed by atoms with Crippen LogP contribution in [0.2, 0.25) is 0 Å². The number of amides is 1. The van der Waals surface area contributed by atoms with Crippen LogP contribution in [-0.2, 0) is 12.6 Å². The largest absolute Gasteiger partial charge is 0.493 e. The second-order valence-electron chi connectivity index (χ2n) is 6.31. The lowest BCUT2D eigenvalue weighted by atomic mass is 10.1. The third-order valence-electron chi connectivity index (χ3n) is 4.34. The zero-order chi connectivity index (χ0) is 21.7. The molecule has 2 aromatic carbocycles. The average molecular weight is 420 g/mol. The molecule has 3 rings (SSSR count). The van der Waals surface area contributed by atoms with Gasteiger partial charge in [-0.3, -0.25) is 4.79 Å². The average Bonchev–Trinajstić information content (AvgIpc) is 3.23. The van der Waals surface area contributed by atoms with E-state index in [2.05, 4.69) is 10.3 Å². The minimum Gasteiger partial charge on any atom is -0.493 e. The Morgan fingerprint density at radius 3 is 2.40 bits per heavy atom. The first-order valence-corrected chi connectivity index (χ1v) is 8.94. The number of hydrogen-bond donors (Lipinski definition) is 1. The number of hydrogen-bond acceptors (Lipinski definition) is 5. The molecule has 0 unspecified atom stereocenters. The lowest BCUT2D eigenvalue weighted by Crippen LogP contribution is -2.26. The third-order valence-corrected chi connectivity index (χ3v) is 4.34. The fourth-order valence-corrected chi connectivity index (χ4v) is 2.76. The topological polar surface area (TPSA) is 73.6 Å². The van der Waals surface area contributed by atoms with Crippen molar-refractivity contribution in [3.05, 3.63) is 65.5 Å². The number of aromatic nitrogens is 1. The number of nitrogens with one attached hydrogen (secondary N) is 1. The Kier molecular flexibility index (Phi) is 6.29. The van der Waals surface area contributed by atoms with Crippen molar-refractivity contribution in [2.75, 3.05) is 20.8 Å². The van der Waals surface area contributed by atoms with Crippen molar-refractivity contribution in [2.24, 2.45) is 0 Å². The molecule has 30 heavy (non-hydrogen) atoms. The van der Waals surface area contributed by atoms with Crippen LogP contribution >= 0.6 is 0 Å². The molecule has 0 fully saturated rings. The number of alkyl halides is 3. The fourth-order valence-electron chi connectivity index (χ4n) is 2.76. The molecule has 0 spiro atoms. The first-order chi connectivity index (χ1) is 14.3. The lowest BCUT2D eigenvalue weighted by Gasteiger charge is -2.09. The van der Waals surface area contributed by atoms with Crippen LogP contribution in [0.5, 0.6) is 11.5 Å². The van der Waals surface area contributed by atoms with Crippen molar-refractivity contribution in [3.8, 4) is 23.0 Å². The number of methoxy groups -OCH3 is 2. The standard InChI is InChI=1S/C21H19F3N2O4/c1-28-17-8-3-13(11-18(17)29-2)9-10-25-19(27)16-12-30-20(26-16)14-4-6-15(7-5-14)21(22,23)24/h3-8,11-12H,9-10H2,1-2H3,(H,25,27). The van der Waals surface area contributed by atoms with E-state index in [1.165, 1.54) is 18.4 Å². The normalized spacial score (nSPS) is 11.2. The van der Waals surface area contributed by atoms with Gasteiger partial charge in [0.1, 0.15) is 6.26 Å². The summed E-state index contributed by atoms with van der Waals surface area (Å²) in [4.78, 5) is 16.3. The lowest BCUT2D eigenvalue weighted by molar-refractivity contribution is -0.137. The molecule has 0 radical (unpaired) electrons. The molecule has 0 aliphatic carbocycles. The second kappa shape index (κ2) is 8.89. The SMILES string of the molecule is COc1ccc(CCNC(=O)c2coc(-c3ccc(C(F)(F)F)cc3)n2)cc1OC. The molecule has 1 heterocycles. The van der Waals surface area contributed by atoms with Gasteiger partial charge in [0.2, 0.25) is 5.89 Å². The fraction of sp³-hybridized carbons (Fsp3) is 0.238. The van der Waals surface area contributed by atoms with E-state index in [1.807, 2.05) is 12.1 Å². The van der Waals surface area contributed by atoms with Crippen molar-refractivity contribution in [2.45, 2.75) is 12.6 Å². The predicted octanol–water partition coefficient (Wildman–Crippen LogP) is 4.35. The summed E-state index contributed by atoms with van der Waals surface area (Å²) in [6, 6.07) is 9.83. The number of nitrogens with zero attached hydrogens (tertiary/aromatic N) is 1. The summed E-state index contributed by atoms with van der Waals surface area (Å²) < 4.78 is 53.6. The van der Waals surface area contributed by atoms with E-state index >= 15 is 0 Å². The number of ether oxygens (including phenoxy) is 2. The van der Waals surface area contributed by atoms with Crippen LogP contribution < -0.4 is 14.8 Å². The first kappa shape index (κ1) is 21.2. The minimum atomic E-state index is -4.42. The number of halogens is 3. The van der Waals surface area contributed by atoms with Gasteiger partial charge in [0.05, 0.1) is 19.8 Å². The highest BCUT2D eigenvalue weighted by atomic mass is 19.4. The molecule has 9 heteroatoms. The van der Waals surface area contributed by atoms with Gasteiger partial charge in [-0.05, 0) is 48.4 Å². The molecule has 0 atom stereocenters. The number of rotatable bonds is 7. The molecular formula is C21H19F3N2O4. The van der Waals surface area contributed by atoms with Gasteiger partial charge in [-0.2, -0.15) is 13.2 Å². The second-order valence-corrected chi connectivity index (χ2v) is 6.31. The zero-order valence-electron chi connectivity index (χ0n) is 16.2. The molecule has 6 nitrogen and oxygen atoms in total. The van der Waals surface area contributed by atoms with E-state index in [1.54, 1.807) is 20.3 Å². The molecule has 1 N–H and O–H groups in total. The maximum absolute atomic E-state index is 12.6. The molecule has 0 aliphatic rings. The highest BCUT2D eigenvalue weighted by molar-refractivity contribution is 5.92. The van der Waals surface area contributed by atoms with Gasteiger partial charge in [-0.1, -0.05) is 6.07 Å². The molecule has 0 saturated carbocycles. The minimum absolute atomic E-state index is 0.0391. The van der Waals surface area contributed by atoms with Crippen LogP contribution in [0.4, 0.5) is 13.2 Å². The van der Waals surface area contributed by atoms with Gasteiger partial charge in [-0.15, -0.1) is 0 Å². The van der Waals surface area contributed by atoms with Crippen molar-refractivity contribution in [3.63, 3.8) is 0 Å². The van der Waals surface area contributed by atoms with Crippen molar-refractivity contribution >= 4 is 5.91 Å². The highest BCUT2D eigenvalue weighted by Crippen LogP contribution is 2.31. The molecule has 1 aromatic heterocycles. The van der Waals surface area contributed by atoms with Crippen molar-refractivity contribution in [1.29, 1.82) is 0 Å². The summed E-state index contributed by atoms with van der Waals surface area (Å²) >= 11 is 0. The Morgan fingerprint density at radius 1 is 1.07 bits per heavy atom. The number of benzene rings is 2. The monoisotopic (exact) mass is 420 g/mol. The van der Waals surface area contributed by atoms with Crippen LogP contribution in [0, 0.1) is 0 Å². The van der Waals surface area contributed by atoms with Crippen molar-refractivity contribution in [1.82, 2.24) is 10.3 Å². The van der Waals surface area contributed by atoms with Crippen LogP contribution in [-0.4, -0.2) is 31.7 Å². The van der Waals surface area contributed by atoms with E-state index in [0.717, 1.165) is 17.7 Å². The van der Waals surface area contributed by atoms with E-state index in [-0.39, 0.29) is 11.6 Å². The molecule has 0 aliphatic heterocycles. The Morgan fingerprint density at radius 2 is 1.77 bits per heavy atom. The van der Waals surface area contributed by atoms with Gasteiger partial charge >= 0.3 is 6.18 Å². The molecule has 3 aromatic rings. The summed E-state index contributed by atoms with van der Waals surface area (Å²) in [5, 5.41) is 2.73. The Hall–Kier alpha value is -3.49. The highest BCUT2D eigenvalue weighted by Gasteiger charge is 2.30. The molecular weight excluding hydrogens is 401 g/mol. The van der Waals surface area contributed by atoms with Crippen molar-refractivity contribution < 1.29 is 31.9 Å². The molecule has 1 amide bonds. The smallest absolute Gasteiger partial charge is 0.416 e. The van der Waals surface area contributed by atoms with E-state index in [9.17, 15) is 18.0 Å². The molecule has 0 bridgehead atoms. The first-order valence-electron chi connectivity index (χ1n) is 8.94. The molecule has 0 saturated heterocycles. The summed E-state index contributed by atoms with van der Waals surface area (Å²) in [6.07, 6.45) is -2.71. The summed E-state index contributed by atoms with van der Waals surface area (Å²) in [5.41, 5.74) is 0.550. The summed E-state index contributed by atoms with van der Waals surface area (Å²) in [5.74, 6) is 0.828. The van der Waals surface area contributed by atoms with Crippen LogP contribution in [0.3, 0.4) is 0 Å². The Labute approximate surface area is 170 Å². The maximum atomic E-state index is 12.6. The summed E-state index contributed by atoms with van der Waals surface area (Å²) in [7, 11) is 3.09. The zero-order valence-corrected chi connectivity index (χ0v) is 16.2. The summed E-state index contributed by atoms with van der Waals surface area (Å²) in [6.45, 7) is 0.344. The van der Waals surface area contributed by atoms with E-state index in [0.29, 0.717) is 30.0 Å². The van der Waals surface area contributed by atoms with Gasteiger partial charge in [-0.25, -0.2) is 4.98 Å². The van der Waals surface area contributed by atoms with Crippen LogP contribution in [0.1, 0.15) is 21.6 Å². The Balaban J connectivity index is 1.59. The molecule has 158 valence electrons. The number of carbonyl (C=O) groups is 1. The quantitative estimate of drug-likeness (QED) is 0.615.